The summed E-state index contributed by atoms with van der Waals surface area (Å²) in [5.41, 5.74) is 0. The van der Waals surface area contributed by atoms with E-state index in [-0.39, 0.29) is 18.0 Å². The van der Waals surface area contributed by atoms with Crippen LogP contribution >= 0.6 is 0 Å². The van der Waals surface area contributed by atoms with Gasteiger partial charge in [0, 0.05) is 12.6 Å². The summed E-state index contributed by atoms with van der Waals surface area (Å²) in [5, 5.41) is 3.31. The number of esters is 1. The van der Waals surface area contributed by atoms with Gasteiger partial charge in [-0.15, -0.1) is 0 Å². The molecule has 0 aromatic rings. The molecule has 4 heteroatoms. The predicted molar refractivity (Wildman–Crippen MR) is 55.4 cm³/mol. The molecule has 4 nitrogen and oxygen atoms in total. The zero-order valence-corrected chi connectivity index (χ0v) is 9.36. The van der Waals surface area contributed by atoms with Crippen LogP contribution in [0.4, 0.5) is 0 Å². The van der Waals surface area contributed by atoms with Gasteiger partial charge in [0.05, 0.1) is 12.5 Å². The van der Waals surface area contributed by atoms with E-state index in [1.165, 1.54) is 0 Å². The number of fused-ring (bicyclic) bond motifs is 1. The first-order chi connectivity index (χ1) is 7.22. The molecule has 0 aromatic carbocycles. The van der Waals surface area contributed by atoms with Crippen molar-refractivity contribution in [3.8, 4) is 0 Å². The molecule has 4 unspecified atom stereocenters. The lowest BCUT2D eigenvalue weighted by atomic mass is 9.74. The van der Waals surface area contributed by atoms with Gasteiger partial charge in [0.15, 0.2) is 0 Å². The number of hydrogen-bond donors (Lipinski definition) is 1. The lowest BCUT2D eigenvalue weighted by Gasteiger charge is -2.33. The highest BCUT2D eigenvalue weighted by Crippen LogP contribution is 2.40. The molecule has 2 heterocycles. The van der Waals surface area contributed by atoms with Crippen molar-refractivity contribution in [1.82, 2.24) is 5.32 Å². The van der Waals surface area contributed by atoms with E-state index in [0.29, 0.717) is 25.2 Å². The van der Waals surface area contributed by atoms with Gasteiger partial charge in [-0.3, -0.25) is 4.79 Å². The summed E-state index contributed by atoms with van der Waals surface area (Å²) in [6.45, 7) is 5.95. The molecule has 4 atom stereocenters. The summed E-state index contributed by atoms with van der Waals surface area (Å²) >= 11 is 0. The van der Waals surface area contributed by atoms with Gasteiger partial charge in [0.25, 0.3) is 0 Å². The third-order valence-electron chi connectivity index (χ3n) is 3.29. The van der Waals surface area contributed by atoms with Crippen LogP contribution in [0.15, 0.2) is 0 Å². The number of carbonyl (C=O) groups is 1. The van der Waals surface area contributed by atoms with E-state index in [4.69, 9.17) is 9.47 Å². The monoisotopic (exact) mass is 213 g/mol. The summed E-state index contributed by atoms with van der Waals surface area (Å²) < 4.78 is 10.5. The van der Waals surface area contributed by atoms with Crippen LogP contribution in [0.2, 0.25) is 0 Å². The number of hydrogen-bond acceptors (Lipinski definition) is 4. The van der Waals surface area contributed by atoms with E-state index in [1.54, 1.807) is 0 Å². The van der Waals surface area contributed by atoms with E-state index >= 15 is 0 Å². The zero-order valence-electron chi connectivity index (χ0n) is 9.36. The predicted octanol–water partition coefficient (Wildman–Crippen LogP) is 0.562. The normalized spacial score (nSPS) is 34.7. The Morgan fingerprint density at radius 1 is 1.60 bits per heavy atom. The molecule has 15 heavy (non-hydrogen) atoms. The van der Waals surface area contributed by atoms with Gasteiger partial charge >= 0.3 is 5.97 Å². The fraction of sp³-hybridized carbons (Fsp3) is 0.909. The molecule has 3 rings (SSSR count). The molecule has 3 fully saturated rings. The summed E-state index contributed by atoms with van der Waals surface area (Å²) in [6.07, 6.45) is 1.01. The van der Waals surface area contributed by atoms with Crippen molar-refractivity contribution >= 4 is 5.97 Å². The van der Waals surface area contributed by atoms with Crippen molar-refractivity contribution in [3.63, 3.8) is 0 Å². The van der Waals surface area contributed by atoms with Crippen molar-refractivity contribution in [3.05, 3.63) is 0 Å². The minimum Gasteiger partial charge on any atom is -0.460 e. The highest BCUT2D eigenvalue weighted by molar-refractivity contribution is 5.75. The number of ether oxygens (including phenoxy) is 2. The van der Waals surface area contributed by atoms with Gasteiger partial charge in [0.2, 0.25) is 0 Å². The molecule has 1 aliphatic carbocycles. The molecule has 0 amide bonds. The first-order valence-corrected chi connectivity index (χ1v) is 5.74. The van der Waals surface area contributed by atoms with Crippen molar-refractivity contribution in [2.45, 2.75) is 32.4 Å². The Labute approximate surface area is 90.3 Å². The van der Waals surface area contributed by atoms with Crippen LogP contribution < -0.4 is 5.32 Å². The average Bonchev–Trinajstić information content (AvgIpc) is 2.75. The van der Waals surface area contributed by atoms with Gasteiger partial charge in [-0.25, -0.2) is 0 Å². The molecular weight excluding hydrogens is 194 g/mol. The van der Waals surface area contributed by atoms with E-state index in [0.717, 1.165) is 13.0 Å². The summed E-state index contributed by atoms with van der Waals surface area (Å²) in [6, 6.07) is 0.377. The Balaban J connectivity index is 1.73. The minimum absolute atomic E-state index is 0.0477. The van der Waals surface area contributed by atoms with E-state index in [1.807, 2.05) is 13.8 Å². The fourth-order valence-corrected chi connectivity index (χ4v) is 2.43. The number of carbonyl (C=O) groups excluding carboxylic acids is 1. The summed E-state index contributed by atoms with van der Waals surface area (Å²) in [5.74, 6) is 0.573. The summed E-state index contributed by atoms with van der Waals surface area (Å²) in [7, 11) is 0. The molecule has 86 valence electrons. The smallest absolute Gasteiger partial charge is 0.311 e. The van der Waals surface area contributed by atoms with Crippen molar-refractivity contribution in [2.24, 2.45) is 11.8 Å². The SMILES string of the molecule is CCOCC(C)OC(=O)C1C2CNC1C2. The van der Waals surface area contributed by atoms with Gasteiger partial charge < -0.3 is 14.8 Å². The molecule has 2 bridgehead atoms. The molecular formula is C11H19NO3. The van der Waals surface area contributed by atoms with Crippen molar-refractivity contribution in [1.29, 1.82) is 0 Å². The quantitative estimate of drug-likeness (QED) is 0.678. The highest BCUT2D eigenvalue weighted by Gasteiger charge is 2.51. The Bertz CT molecular complexity index is 230. The second-order valence-corrected chi connectivity index (χ2v) is 4.44. The number of nitrogens with one attached hydrogen (secondary N) is 1. The minimum atomic E-state index is -0.127. The molecule has 1 saturated carbocycles. The Morgan fingerprint density at radius 3 is 2.93 bits per heavy atom. The number of rotatable bonds is 5. The van der Waals surface area contributed by atoms with Crippen LogP contribution in [-0.2, 0) is 14.3 Å². The maximum absolute atomic E-state index is 11.7. The standard InChI is InChI=1S/C11H19NO3/c1-3-14-6-7(2)15-11(13)10-8-4-9(10)12-5-8/h7-10,12H,3-6H2,1-2H3. The lowest BCUT2D eigenvalue weighted by molar-refractivity contribution is -0.161. The third kappa shape index (κ3) is 2.16. The van der Waals surface area contributed by atoms with Crippen molar-refractivity contribution < 1.29 is 14.3 Å². The molecule has 2 aliphatic heterocycles. The van der Waals surface area contributed by atoms with Gasteiger partial charge in [-0.2, -0.15) is 0 Å². The van der Waals surface area contributed by atoms with Gasteiger partial charge in [0.1, 0.15) is 6.10 Å². The topological polar surface area (TPSA) is 47.6 Å². The molecule has 0 spiro atoms. The third-order valence-corrected chi connectivity index (χ3v) is 3.29. The van der Waals surface area contributed by atoms with Crippen LogP contribution in [0.25, 0.3) is 0 Å². The van der Waals surface area contributed by atoms with Crippen LogP contribution in [0.3, 0.4) is 0 Å². The lowest BCUT2D eigenvalue weighted by Crippen LogP contribution is -2.44. The van der Waals surface area contributed by atoms with E-state index < -0.39 is 0 Å². The van der Waals surface area contributed by atoms with Crippen LogP contribution in [0, 0.1) is 11.8 Å². The maximum Gasteiger partial charge on any atom is 0.311 e. The second-order valence-electron chi connectivity index (χ2n) is 4.44. The van der Waals surface area contributed by atoms with Crippen LogP contribution in [0.5, 0.6) is 0 Å². The first kappa shape index (κ1) is 10.9. The Hall–Kier alpha value is -0.610. The summed E-state index contributed by atoms with van der Waals surface area (Å²) in [4.78, 5) is 11.7. The Kier molecular flexibility index (Phi) is 3.26. The van der Waals surface area contributed by atoms with Gasteiger partial charge in [-0.1, -0.05) is 0 Å². The maximum atomic E-state index is 11.7. The van der Waals surface area contributed by atoms with Crippen molar-refractivity contribution in [2.75, 3.05) is 19.8 Å². The second kappa shape index (κ2) is 4.49. The first-order valence-electron chi connectivity index (χ1n) is 5.74. The molecule has 0 radical (unpaired) electrons. The largest absolute Gasteiger partial charge is 0.460 e. The Morgan fingerprint density at radius 2 is 2.40 bits per heavy atom. The molecule has 2 saturated heterocycles. The highest BCUT2D eigenvalue weighted by atomic mass is 16.6. The fourth-order valence-electron chi connectivity index (χ4n) is 2.43. The van der Waals surface area contributed by atoms with Gasteiger partial charge in [-0.05, 0) is 32.7 Å². The van der Waals surface area contributed by atoms with Crippen LogP contribution in [0.1, 0.15) is 20.3 Å². The van der Waals surface area contributed by atoms with Crippen LogP contribution in [-0.4, -0.2) is 37.9 Å². The molecule has 0 aromatic heterocycles. The molecule has 1 N–H and O–H groups in total. The van der Waals surface area contributed by atoms with E-state index in [2.05, 4.69) is 5.32 Å². The van der Waals surface area contributed by atoms with E-state index in [9.17, 15) is 4.79 Å². The average molecular weight is 213 g/mol. The molecule has 3 aliphatic rings. The zero-order chi connectivity index (χ0) is 10.8.